The van der Waals surface area contributed by atoms with Crippen LogP contribution in [0.1, 0.15) is 36.5 Å². The van der Waals surface area contributed by atoms with Gasteiger partial charge in [-0.2, -0.15) is 0 Å². The van der Waals surface area contributed by atoms with E-state index in [1.807, 2.05) is 0 Å². The van der Waals surface area contributed by atoms with Crippen LogP contribution in [0.5, 0.6) is 0 Å². The van der Waals surface area contributed by atoms with Crippen LogP contribution in [0.15, 0.2) is 18.5 Å². The zero-order valence-corrected chi connectivity index (χ0v) is 13.1. The number of hydrogen-bond donors (Lipinski definition) is 2. The molecule has 5 heteroatoms. The second-order valence-electron chi connectivity index (χ2n) is 5.80. The normalized spacial score (nSPS) is 16.7. The fourth-order valence-corrected chi connectivity index (χ4v) is 2.59. The molecule has 1 aliphatic heterocycles. The largest absolute Gasteiger partial charge is 0.383 e. The molecule has 2 N–H and O–H groups in total. The van der Waals surface area contributed by atoms with E-state index < -0.39 is 0 Å². The third-order valence-corrected chi connectivity index (χ3v) is 4.02. The van der Waals surface area contributed by atoms with E-state index in [-0.39, 0.29) is 5.91 Å². The van der Waals surface area contributed by atoms with Crippen molar-refractivity contribution >= 4 is 11.6 Å². The fourth-order valence-electron chi connectivity index (χ4n) is 2.59. The first kappa shape index (κ1) is 15.8. The van der Waals surface area contributed by atoms with Gasteiger partial charge < -0.3 is 15.5 Å². The second-order valence-corrected chi connectivity index (χ2v) is 5.80. The highest BCUT2D eigenvalue weighted by atomic mass is 16.1. The number of amides is 1. The van der Waals surface area contributed by atoms with E-state index in [1.54, 1.807) is 18.5 Å². The van der Waals surface area contributed by atoms with E-state index >= 15 is 0 Å². The maximum atomic E-state index is 12.3. The highest BCUT2D eigenvalue weighted by molar-refractivity contribution is 5.99. The molecule has 1 aromatic heterocycles. The number of carbonyl (C=O) groups is 1. The number of pyridine rings is 1. The molecule has 5 nitrogen and oxygen atoms in total. The number of anilines is 1. The van der Waals surface area contributed by atoms with Crippen LogP contribution in [-0.2, 0) is 0 Å². The molecule has 1 amide bonds. The van der Waals surface area contributed by atoms with Crippen molar-refractivity contribution in [1.82, 2.24) is 15.2 Å². The minimum Gasteiger partial charge on any atom is -0.383 e. The third kappa shape index (κ3) is 4.70. The number of nitrogens with zero attached hydrogens (tertiary/aromatic N) is 2. The van der Waals surface area contributed by atoms with E-state index in [1.165, 1.54) is 0 Å². The standard InChI is InChI=1S/C16H26N4O/c1-3-7-18-15-12-17-8-4-14(15)16(21)19-11-13-5-9-20(2)10-6-13/h4,8,12-13,18H,3,5-7,9-11H2,1-2H3,(H,19,21). The Kier molecular flexibility index (Phi) is 5.99. The molecule has 1 saturated heterocycles. The summed E-state index contributed by atoms with van der Waals surface area (Å²) in [5, 5.41) is 6.33. The first-order chi connectivity index (χ1) is 10.2. The van der Waals surface area contributed by atoms with Gasteiger partial charge in [0.05, 0.1) is 17.4 Å². The van der Waals surface area contributed by atoms with Gasteiger partial charge in [0.1, 0.15) is 0 Å². The van der Waals surface area contributed by atoms with E-state index in [0.717, 1.165) is 51.1 Å². The summed E-state index contributed by atoms with van der Waals surface area (Å²) in [5.41, 5.74) is 1.51. The van der Waals surface area contributed by atoms with Crippen LogP contribution in [0.25, 0.3) is 0 Å². The van der Waals surface area contributed by atoms with Crippen molar-refractivity contribution < 1.29 is 4.79 Å². The molecular weight excluding hydrogens is 264 g/mol. The highest BCUT2D eigenvalue weighted by Gasteiger charge is 2.18. The number of carbonyl (C=O) groups excluding carboxylic acids is 1. The Morgan fingerprint density at radius 3 is 2.90 bits per heavy atom. The number of hydrogen-bond acceptors (Lipinski definition) is 4. The van der Waals surface area contributed by atoms with E-state index in [2.05, 4.69) is 34.5 Å². The van der Waals surface area contributed by atoms with Gasteiger partial charge in [-0.15, -0.1) is 0 Å². The molecule has 0 aromatic carbocycles. The van der Waals surface area contributed by atoms with Crippen LogP contribution in [0.4, 0.5) is 5.69 Å². The topological polar surface area (TPSA) is 57.3 Å². The maximum absolute atomic E-state index is 12.3. The molecule has 0 spiro atoms. The van der Waals surface area contributed by atoms with Crippen LogP contribution >= 0.6 is 0 Å². The van der Waals surface area contributed by atoms with Crippen molar-refractivity contribution in [3.05, 3.63) is 24.0 Å². The highest BCUT2D eigenvalue weighted by Crippen LogP contribution is 2.16. The van der Waals surface area contributed by atoms with Gasteiger partial charge in [-0.25, -0.2) is 0 Å². The van der Waals surface area contributed by atoms with Gasteiger partial charge in [0, 0.05) is 19.3 Å². The molecular formula is C16H26N4O. The SMILES string of the molecule is CCCNc1cnccc1C(=O)NCC1CCN(C)CC1. The van der Waals surface area contributed by atoms with Crippen molar-refractivity contribution in [2.24, 2.45) is 5.92 Å². The van der Waals surface area contributed by atoms with Gasteiger partial charge in [-0.1, -0.05) is 6.92 Å². The van der Waals surface area contributed by atoms with Crippen molar-refractivity contribution in [2.45, 2.75) is 26.2 Å². The Labute approximate surface area is 127 Å². The summed E-state index contributed by atoms with van der Waals surface area (Å²) in [4.78, 5) is 18.8. The van der Waals surface area contributed by atoms with Gasteiger partial charge in [-0.3, -0.25) is 9.78 Å². The van der Waals surface area contributed by atoms with Crippen molar-refractivity contribution in [3.8, 4) is 0 Å². The minimum absolute atomic E-state index is 0.00469. The average Bonchev–Trinajstić information content (AvgIpc) is 2.52. The second kappa shape index (κ2) is 7.98. The predicted octanol–water partition coefficient (Wildman–Crippen LogP) is 1.98. The number of likely N-dealkylation sites (tertiary alicyclic amines) is 1. The third-order valence-electron chi connectivity index (χ3n) is 4.02. The summed E-state index contributed by atoms with van der Waals surface area (Å²) < 4.78 is 0. The molecule has 116 valence electrons. The first-order valence-corrected chi connectivity index (χ1v) is 7.85. The smallest absolute Gasteiger partial charge is 0.253 e. The fraction of sp³-hybridized carbons (Fsp3) is 0.625. The lowest BCUT2D eigenvalue weighted by Gasteiger charge is -2.29. The lowest BCUT2D eigenvalue weighted by atomic mass is 9.97. The quantitative estimate of drug-likeness (QED) is 0.841. The van der Waals surface area contributed by atoms with Crippen LogP contribution in [0.2, 0.25) is 0 Å². The van der Waals surface area contributed by atoms with Crippen molar-refractivity contribution in [2.75, 3.05) is 38.5 Å². The van der Waals surface area contributed by atoms with Crippen molar-refractivity contribution in [3.63, 3.8) is 0 Å². The Hall–Kier alpha value is -1.62. The predicted molar refractivity (Wildman–Crippen MR) is 85.6 cm³/mol. The van der Waals surface area contributed by atoms with Crippen molar-refractivity contribution in [1.29, 1.82) is 0 Å². The minimum atomic E-state index is -0.00469. The molecule has 0 atom stereocenters. The summed E-state index contributed by atoms with van der Waals surface area (Å²) in [7, 11) is 2.15. The van der Waals surface area contributed by atoms with Crippen LogP contribution < -0.4 is 10.6 Å². The lowest BCUT2D eigenvalue weighted by Crippen LogP contribution is -2.37. The number of piperidine rings is 1. The molecule has 2 heterocycles. The molecule has 0 aliphatic carbocycles. The van der Waals surface area contributed by atoms with Gasteiger partial charge in [-0.05, 0) is 51.4 Å². The lowest BCUT2D eigenvalue weighted by molar-refractivity contribution is 0.0939. The number of rotatable bonds is 6. The zero-order chi connectivity index (χ0) is 15.1. The summed E-state index contributed by atoms with van der Waals surface area (Å²) in [6.07, 6.45) is 6.73. The molecule has 0 saturated carbocycles. The molecule has 21 heavy (non-hydrogen) atoms. The number of aromatic nitrogens is 1. The van der Waals surface area contributed by atoms with Crippen LogP contribution in [0.3, 0.4) is 0 Å². The molecule has 1 aliphatic rings. The van der Waals surface area contributed by atoms with Crippen LogP contribution in [0, 0.1) is 5.92 Å². The summed E-state index contributed by atoms with van der Waals surface area (Å²) in [6.45, 7) is 5.96. The van der Waals surface area contributed by atoms with Gasteiger partial charge in [0.2, 0.25) is 0 Å². The van der Waals surface area contributed by atoms with Gasteiger partial charge in [0.25, 0.3) is 5.91 Å². The molecule has 0 radical (unpaired) electrons. The Morgan fingerprint density at radius 2 is 2.19 bits per heavy atom. The maximum Gasteiger partial charge on any atom is 0.253 e. The summed E-state index contributed by atoms with van der Waals surface area (Å²) in [6, 6.07) is 1.78. The van der Waals surface area contributed by atoms with Crippen LogP contribution in [-0.4, -0.2) is 49.0 Å². The molecule has 1 aromatic rings. The molecule has 1 fully saturated rings. The van der Waals surface area contributed by atoms with E-state index in [4.69, 9.17) is 0 Å². The molecule has 0 unspecified atom stereocenters. The Morgan fingerprint density at radius 1 is 1.43 bits per heavy atom. The summed E-state index contributed by atoms with van der Waals surface area (Å²) >= 11 is 0. The molecule has 2 rings (SSSR count). The van der Waals surface area contributed by atoms with Gasteiger partial charge >= 0.3 is 0 Å². The Bertz CT molecular complexity index is 455. The first-order valence-electron chi connectivity index (χ1n) is 7.85. The summed E-state index contributed by atoms with van der Waals surface area (Å²) in [5.74, 6) is 0.592. The van der Waals surface area contributed by atoms with Gasteiger partial charge in [0.15, 0.2) is 0 Å². The average molecular weight is 290 g/mol. The van der Waals surface area contributed by atoms with E-state index in [9.17, 15) is 4.79 Å². The van der Waals surface area contributed by atoms with E-state index in [0.29, 0.717) is 11.5 Å². The zero-order valence-electron chi connectivity index (χ0n) is 13.1. The molecule has 0 bridgehead atoms. The monoisotopic (exact) mass is 290 g/mol. The Balaban J connectivity index is 1.88. The number of nitrogens with one attached hydrogen (secondary N) is 2.